The highest BCUT2D eigenvalue weighted by Gasteiger charge is 2.13. The minimum absolute atomic E-state index is 0.105. The lowest BCUT2D eigenvalue weighted by molar-refractivity contribution is 0.0785. The summed E-state index contributed by atoms with van der Waals surface area (Å²) in [6, 6.07) is 11.9. The normalized spacial score (nSPS) is 10.3. The molecule has 3 N–H and O–H groups in total. The molecule has 2 rings (SSSR count). The molecule has 0 radical (unpaired) electrons. The van der Waals surface area contributed by atoms with Crippen molar-refractivity contribution >= 4 is 27.5 Å². The molecular weight excluding hydrogens is 320 g/mol. The predicted octanol–water partition coefficient (Wildman–Crippen LogP) is 3.01. The van der Waals surface area contributed by atoms with E-state index in [1.54, 1.807) is 54.4 Å². The highest BCUT2D eigenvalue weighted by atomic mass is 79.9. The van der Waals surface area contributed by atoms with Crippen molar-refractivity contribution in [2.75, 3.05) is 12.8 Å². The van der Waals surface area contributed by atoms with E-state index in [0.717, 1.165) is 10.0 Å². The predicted molar refractivity (Wildman–Crippen MR) is 82.5 cm³/mol. The molecule has 0 fully saturated rings. The summed E-state index contributed by atoms with van der Waals surface area (Å²) in [5.74, 6) is 0.105. The molecule has 1 amide bonds. The first kappa shape index (κ1) is 14.4. The Morgan fingerprint density at radius 3 is 2.50 bits per heavy atom. The summed E-state index contributed by atoms with van der Waals surface area (Å²) >= 11 is 3.33. The van der Waals surface area contributed by atoms with Crippen molar-refractivity contribution in [1.29, 1.82) is 0 Å². The number of nitrogen functional groups attached to an aromatic ring is 1. The number of phenols is 1. The van der Waals surface area contributed by atoms with E-state index in [1.807, 2.05) is 0 Å². The maximum atomic E-state index is 12.3. The molecule has 2 aromatic carbocycles. The Labute approximate surface area is 126 Å². The van der Waals surface area contributed by atoms with Gasteiger partial charge in [-0.15, -0.1) is 0 Å². The summed E-state index contributed by atoms with van der Waals surface area (Å²) in [7, 11) is 1.73. The van der Waals surface area contributed by atoms with Gasteiger partial charge in [-0.3, -0.25) is 4.79 Å². The molecule has 20 heavy (non-hydrogen) atoms. The van der Waals surface area contributed by atoms with Crippen LogP contribution < -0.4 is 5.73 Å². The van der Waals surface area contributed by atoms with Crippen LogP contribution in [0.1, 0.15) is 15.9 Å². The molecule has 0 heterocycles. The lowest BCUT2D eigenvalue weighted by atomic mass is 10.1. The number of aromatic hydroxyl groups is 1. The van der Waals surface area contributed by atoms with Crippen LogP contribution in [0.4, 0.5) is 5.69 Å². The minimum Gasteiger partial charge on any atom is -0.508 e. The zero-order chi connectivity index (χ0) is 14.7. The maximum Gasteiger partial charge on any atom is 0.254 e. The van der Waals surface area contributed by atoms with Crippen molar-refractivity contribution in [3.63, 3.8) is 0 Å². The summed E-state index contributed by atoms with van der Waals surface area (Å²) < 4.78 is 0.777. The van der Waals surface area contributed by atoms with Gasteiger partial charge in [-0.25, -0.2) is 0 Å². The van der Waals surface area contributed by atoms with Gasteiger partial charge >= 0.3 is 0 Å². The number of carbonyl (C=O) groups is 1. The van der Waals surface area contributed by atoms with Gasteiger partial charge in [-0.2, -0.15) is 0 Å². The number of rotatable bonds is 3. The molecule has 0 aromatic heterocycles. The van der Waals surface area contributed by atoms with E-state index in [1.165, 1.54) is 0 Å². The molecule has 0 aliphatic heterocycles. The molecule has 0 unspecified atom stereocenters. The number of benzene rings is 2. The van der Waals surface area contributed by atoms with E-state index in [4.69, 9.17) is 5.73 Å². The molecule has 0 aliphatic carbocycles. The Kier molecular flexibility index (Phi) is 4.29. The van der Waals surface area contributed by atoms with Gasteiger partial charge in [0.1, 0.15) is 5.75 Å². The van der Waals surface area contributed by atoms with Crippen LogP contribution >= 0.6 is 15.9 Å². The van der Waals surface area contributed by atoms with Gasteiger partial charge in [0.25, 0.3) is 5.91 Å². The summed E-state index contributed by atoms with van der Waals surface area (Å²) in [6.07, 6.45) is 0. The third kappa shape index (κ3) is 3.51. The van der Waals surface area contributed by atoms with E-state index in [9.17, 15) is 9.90 Å². The monoisotopic (exact) mass is 334 g/mol. The van der Waals surface area contributed by atoms with Crippen molar-refractivity contribution in [2.45, 2.75) is 6.54 Å². The summed E-state index contributed by atoms with van der Waals surface area (Å²) in [5, 5.41) is 9.24. The minimum atomic E-state index is -0.105. The number of hydrogen-bond donors (Lipinski definition) is 2. The van der Waals surface area contributed by atoms with E-state index in [0.29, 0.717) is 17.8 Å². The van der Waals surface area contributed by atoms with Crippen LogP contribution in [0.15, 0.2) is 46.9 Å². The fourth-order valence-corrected chi connectivity index (χ4v) is 2.41. The molecule has 5 heteroatoms. The molecule has 0 spiro atoms. The van der Waals surface area contributed by atoms with Gasteiger partial charge < -0.3 is 15.7 Å². The molecule has 2 aromatic rings. The number of hydrogen-bond acceptors (Lipinski definition) is 3. The topological polar surface area (TPSA) is 66.6 Å². The Morgan fingerprint density at radius 2 is 1.90 bits per heavy atom. The van der Waals surface area contributed by atoms with E-state index < -0.39 is 0 Å². The van der Waals surface area contributed by atoms with Gasteiger partial charge in [-0.1, -0.05) is 28.1 Å². The first-order valence-corrected chi connectivity index (χ1v) is 6.84. The van der Waals surface area contributed by atoms with Crippen molar-refractivity contribution in [2.24, 2.45) is 0 Å². The lowest BCUT2D eigenvalue weighted by Gasteiger charge is -2.18. The quantitative estimate of drug-likeness (QED) is 0.848. The number of phenolic OH excluding ortho intramolecular Hbond substituents is 1. The molecule has 0 aliphatic rings. The fraction of sp³-hybridized carbons (Fsp3) is 0.133. The highest BCUT2D eigenvalue weighted by Crippen LogP contribution is 2.19. The second-order valence-electron chi connectivity index (χ2n) is 4.60. The van der Waals surface area contributed by atoms with E-state index >= 15 is 0 Å². The van der Waals surface area contributed by atoms with E-state index in [2.05, 4.69) is 15.9 Å². The summed E-state index contributed by atoms with van der Waals surface area (Å²) in [6.45, 7) is 0.464. The maximum absolute atomic E-state index is 12.3. The number of nitrogens with two attached hydrogens (primary N) is 1. The lowest BCUT2D eigenvalue weighted by Crippen LogP contribution is -2.26. The fourth-order valence-electron chi connectivity index (χ4n) is 1.90. The molecule has 0 bridgehead atoms. The van der Waals surface area contributed by atoms with Gasteiger partial charge in [0.15, 0.2) is 0 Å². The van der Waals surface area contributed by atoms with Gasteiger partial charge in [0.2, 0.25) is 0 Å². The second-order valence-corrected chi connectivity index (χ2v) is 5.52. The third-order valence-corrected chi connectivity index (χ3v) is 3.33. The molecule has 104 valence electrons. The van der Waals surface area contributed by atoms with Crippen molar-refractivity contribution < 1.29 is 9.90 Å². The van der Waals surface area contributed by atoms with Gasteiger partial charge in [-0.05, 0) is 35.9 Å². The third-order valence-electron chi connectivity index (χ3n) is 2.87. The van der Waals surface area contributed by atoms with Crippen molar-refractivity contribution in [3.05, 3.63) is 58.1 Å². The zero-order valence-electron chi connectivity index (χ0n) is 11.0. The molecule has 0 saturated heterocycles. The Balaban J connectivity index is 2.14. The average Bonchev–Trinajstić information content (AvgIpc) is 2.39. The number of carbonyl (C=O) groups excluding carboxylic acids is 1. The first-order chi connectivity index (χ1) is 9.45. The molecule has 0 saturated carbocycles. The zero-order valence-corrected chi connectivity index (χ0v) is 12.6. The number of anilines is 1. The van der Waals surface area contributed by atoms with Crippen LogP contribution in [0, 0.1) is 0 Å². The van der Waals surface area contributed by atoms with Gasteiger partial charge in [0, 0.05) is 29.3 Å². The number of halogens is 1. The largest absolute Gasteiger partial charge is 0.508 e. The summed E-state index contributed by atoms with van der Waals surface area (Å²) in [4.78, 5) is 13.9. The van der Waals surface area contributed by atoms with E-state index in [-0.39, 0.29) is 11.7 Å². The first-order valence-electron chi connectivity index (χ1n) is 6.05. The number of amides is 1. The standard InChI is InChI=1S/C15H15BrN2O2/c1-18(9-10-2-4-14(19)5-3-10)15(20)11-6-12(16)8-13(17)7-11/h2-8,19H,9,17H2,1H3. The van der Waals surface area contributed by atoms with Crippen LogP contribution in [0.5, 0.6) is 5.75 Å². The highest BCUT2D eigenvalue weighted by molar-refractivity contribution is 9.10. The Morgan fingerprint density at radius 1 is 1.25 bits per heavy atom. The molecule has 0 atom stereocenters. The van der Waals surface area contributed by atoms with Crippen molar-refractivity contribution in [3.8, 4) is 5.75 Å². The van der Waals surface area contributed by atoms with Crippen LogP contribution in [0.25, 0.3) is 0 Å². The Bertz CT molecular complexity index is 606. The molecule has 4 nitrogen and oxygen atoms in total. The summed E-state index contributed by atoms with van der Waals surface area (Å²) in [5.41, 5.74) is 7.77. The van der Waals surface area contributed by atoms with Crippen LogP contribution in [0.3, 0.4) is 0 Å². The number of nitrogens with zero attached hydrogens (tertiary/aromatic N) is 1. The molecular formula is C15H15BrN2O2. The average molecular weight is 335 g/mol. The second kappa shape index (κ2) is 5.96. The van der Waals surface area contributed by atoms with Crippen LogP contribution in [0.2, 0.25) is 0 Å². The van der Waals surface area contributed by atoms with Gasteiger partial charge in [0.05, 0.1) is 0 Å². The van der Waals surface area contributed by atoms with Crippen molar-refractivity contribution in [1.82, 2.24) is 4.90 Å². The van der Waals surface area contributed by atoms with Crippen LogP contribution in [-0.4, -0.2) is 23.0 Å². The Hall–Kier alpha value is -2.01. The van der Waals surface area contributed by atoms with Crippen LogP contribution in [-0.2, 0) is 6.54 Å². The SMILES string of the molecule is CN(Cc1ccc(O)cc1)C(=O)c1cc(N)cc(Br)c1. The smallest absolute Gasteiger partial charge is 0.254 e.